The normalized spacial score (nSPS) is 18.2. The Morgan fingerprint density at radius 3 is 2.30 bits per heavy atom. The Kier molecular flexibility index (Phi) is 8.32. The third kappa shape index (κ3) is 5.84. The van der Waals surface area contributed by atoms with Gasteiger partial charge in [0.1, 0.15) is 5.75 Å². The lowest BCUT2D eigenvalue weighted by Gasteiger charge is -2.40. The largest absolute Gasteiger partial charge is 0.494 e. The molecule has 4 nitrogen and oxygen atoms in total. The number of benzene rings is 2. The highest BCUT2D eigenvalue weighted by molar-refractivity contribution is 5.35. The molecule has 1 N–H and O–H groups in total. The van der Waals surface area contributed by atoms with E-state index in [1.165, 1.54) is 5.56 Å². The Morgan fingerprint density at radius 2 is 1.70 bits per heavy atom. The zero-order valence-corrected chi connectivity index (χ0v) is 18.7. The first-order valence-corrected chi connectivity index (χ1v) is 11.3. The summed E-state index contributed by atoms with van der Waals surface area (Å²) in [6, 6.07) is 18.5. The monoisotopic (exact) mass is 411 g/mol. The maximum atomic E-state index is 12.0. The fourth-order valence-corrected chi connectivity index (χ4v) is 4.16. The minimum atomic E-state index is -0.948. The van der Waals surface area contributed by atoms with Gasteiger partial charge < -0.3 is 14.6 Å². The molecule has 0 radical (unpaired) electrons. The van der Waals surface area contributed by atoms with Crippen LogP contribution in [0.25, 0.3) is 0 Å². The van der Waals surface area contributed by atoms with Crippen molar-refractivity contribution >= 4 is 0 Å². The van der Waals surface area contributed by atoms with E-state index < -0.39 is 5.60 Å². The third-order valence-electron chi connectivity index (χ3n) is 6.18. The highest BCUT2D eigenvalue weighted by atomic mass is 16.5. The molecule has 3 rings (SSSR count). The van der Waals surface area contributed by atoms with Crippen LogP contribution in [-0.2, 0) is 10.3 Å². The van der Waals surface area contributed by atoms with E-state index in [0.717, 1.165) is 57.2 Å². The minimum Gasteiger partial charge on any atom is -0.494 e. The number of ether oxygens (including phenoxy) is 2. The molecule has 0 bridgehead atoms. The molecular weight excluding hydrogens is 374 g/mol. The summed E-state index contributed by atoms with van der Waals surface area (Å²) in [6.45, 7) is 11.3. The van der Waals surface area contributed by atoms with Gasteiger partial charge in [-0.2, -0.15) is 0 Å². The molecular formula is C26H37NO3. The fraction of sp³-hybridized carbons (Fsp3) is 0.538. The predicted molar refractivity (Wildman–Crippen MR) is 122 cm³/mol. The fourth-order valence-electron chi connectivity index (χ4n) is 4.16. The van der Waals surface area contributed by atoms with E-state index >= 15 is 0 Å². The summed E-state index contributed by atoms with van der Waals surface area (Å²) in [5.74, 6) is 1.47. The van der Waals surface area contributed by atoms with Gasteiger partial charge in [-0.3, -0.25) is 4.90 Å². The van der Waals surface area contributed by atoms with E-state index in [0.29, 0.717) is 12.3 Å². The van der Waals surface area contributed by atoms with Crippen molar-refractivity contribution in [1.82, 2.24) is 4.90 Å². The van der Waals surface area contributed by atoms with Crippen LogP contribution in [0.1, 0.15) is 50.7 Å². The van der Waals surface area contributed by atoms with Crippen LogP contribution < -0.4 is 4.74 Å². The molecule has 2 aromatic rings. The standard InChI is InChI=1S/C26H37NO3/c1-4-26(28,23-10-12-24(13-11-23)30-17-14-21(2)3)25(22-8-6-5-7-9-22)20-27-15-18-29-19-16-27/h5-13,21,25,28H,4,14-20H2,1-3H3. The van der Waals surface area contributed by atoms with Crippen molar-refractivity contribution < 1.29 is 14.6 Å². The van der Waals surface area contributed by atoms with Gasteiger partial charge in [-0.25, -0.2) is 0 Å². The van der Waals surface area contributed by atoms with Gasteiger partial charge >= 0.3 is 0 Å². The number of nitrogens with zero attached hydrogens (tertiary/aromatic N) is 1. The molecule has 2 atom stereocenters. The van der Waals surface area contributed by atoms with Crippen molar-refractivity contribution in [2.45, 2.75) is 45.1 Å². The maximum absolute atomic E-state index is 12.0. The number of hydrogen-bond acceptors (Lipinski definition) is 4. The molecule has 1 fully saturated rings. The van der Waals surface area contributed by atoms with Gasteiger partial charge in [-0.05, 0) is 42.0 Å². The van der Waals surface area contributed by atoms with Gasteiger partial charge in [0.25, 0.3) is 0 Å². The van der Waals surface area contributed by atoms with E-state index in [9.17, 15) is 5.11 Å². The van der Waals surface area contributed by atoms with E-state index in [1.54, 1.807) is 0 Å². The zero-order valence-electron chi connectivity index (χ0n) is 18.7. The Balaban J connectivity index is 1.83. The Morgan fingerprint density at radius 1 is 1.03 bits per heavy atom. The summed E-state index contributed by atoms with van der Waals surface area (Å²) in [6.07, 6.45) is 1.68. The molecule has 30 heavy (non-hydrogen) atoms. The predicted octanol–water partition coefficient (Wildman–Crippen LogP) is 4.83. The summed E-state index contributed by atoms with van der Waals surface area (Å²) in [4.78, 5) is 2.41. The second-order valence-electron chi connectivity index (χ2n) is 8.71. The van der Waals surface area contributed by atoms with Crippen LogP contribution in [0.3, 0.4) is 0 Å². The summed E-state index contributed by atoms with van der Waals surface area (Å²) < 4.78 is 11.4. The van der Waals surface area contributed by atoms with Crippen LogP contribution in [0.2, 0.25) is 0 Å². The third-order valence-corrected chi connectivity index (χ3v) is 6.18. The molecule has 1 saturated heterocycles. The molecule has 2 unspecified atom stereocenters. The van der Waals surface area contributed by atoms with Crippen LogP contribution in [0.15, 0.2) is 54.6 Å². The molecule has 1 aliphatic rings. The van der Waals surface area contributed by atoms with Crippen LogP contribution in [-0.4, -0.2) is 49.5 Å². The summed E-state index contributed by atoms with van der Waals surface area (Å²) in [5.41, 5.74) is 1.17. The molecule has 164 valence electrons. The lowest BCUT2D eigenvalue weighted by molar-refractivity contribution is -0.0250. The molecule has 0 spiro atoms. The van der Waals surface area contributed by atoms with Crippen molar-refractivity contribution in [1.29, 1.82) is 0 Å². The molecule has 0 aliphatic carbocycles. The van der Waals surface area contributed by atoms with E-state index in [2.05, 4.69) is 49.9 Å². The Bertz CT molecular complexity index is 741. The summed E-state index contributed by atoms with van der Waals surface area (Å²) in [5, 5.41) is 12.0. The molecule has 1 heterocycles. The minimum absolute atomic E-state index is 0.0190. The second-order valence-corrected chi connectivity index (χ2v) is 8.71. The number of morpholine rings is 1. The average Bonchev–Trinajstić information content (AvgIpc) is 2.78. The van der Waals surface area contributed by atoms with Crippen molar-refractivity contribution in [3.8, 4) is 5.75 Å². The van der Waals surface area contributed by atoms with Crippen LogP contribution >= 0.6 is 0 Å². The topological polar surface area (TPSA) is 41.9 Å². The summed E-state index contributed by atoms with van der Waals surface area (Å²) >= 11 is 0. The molecule has 4 heteroatoms. The molecule has 2 aromatic carbocycles. The van der Waals surface area contributed by atoms with E-state index in [1.807, 2.05) is 30.3 Å². The Hall–Kier alpha value is -1.88. The van der Waals surface area contributed by atoms with Gasteiger partial charge in [0.05, 0.1) is 25.4 Å². The quantitative estimate of drug-likeness (QED) is 0.608. The van der Waals surface area contributed by atoms with Crippen molar-refractivity contribution in [2.75, 3.05) is 39.5 Å². The van der Waals surface area contributed by atoms with Gasteiger partial charge in [0, 0.05) is 25.6 Å². The van der Waals surface area contributed by atoms with Crippen LogP contribution in [0.4, 0.5) is 0 Å². The molecule has 0 saturated carbocycles. The van der Waals surface area contributed by atoms with Crippen molar-refractivity contribution in [3.05, 3.63) is 65.7 Å². The lowest BCUT2D eigenvalue weighted by Crippen LogP contribution is -2.44. The molecule has 1 aliphatic heterocycles. The smallest absolute Gasteiger partial charge is 0.119 e. The first-order chi connectivity index (χ1) is 14.5. The highest BCUT2D eigenvalue weighted by Gasteiger charge is 2.39. The lowest BCUT2D eigenvalue weighted by atomic mass is 9.75. The zero-order chi connectivity index (χ0) is 21.4. The highest BCUT2D eigenvalue weighted by Crippen LogP contribution is 2.41. The van der Waals surface area contributed by atoms with Crippen LogP contribution in [0.5, 0.6) is 5.75 Å². The average molecular weight is 412 g/mol. The van der Waals surface area contributed by atoms with Gasteiger partial charge in [0.15, 0.2) is 0 Å². The first-order valence-electron chi connectivity index (χ1n) is 11.3. The van der Waals surface area contributed by atoms with Gasteiger partial charge in [-0.1, -0.05) is 63.2 Å². The van der Waals surface area contributed by atoms with Crippen molar-refractivity contribution in [3.63, 3.8) is 0 Å². The van der Waals surface area contributed by atoms with E-state index in [4.69, 9.17) is 9.47 Å². The second kappa shape index (κ2) is 10.9. The Labute approximate surface area is 181 Å². The van der Waals surface area contributed by atoms with Gasteiger partial charge in [0.2, 0.25) is 0 Å². The first kappa shape index (κ1) is 22.8. The molecule has 0 aromatic heterocycles. The van der Waals surface area contributed by atoms with Crippen LogP contribution in [0, 0.1) is 5.92 Å². The van der Waals surface area contributed by atoms with Gasteiger partial charge in [-0.15, -0.1) is 0 Å². The maximum Gasteiger partial charge on any atom is 0.119 e. The number of rotatable bonds is 10. The SMILES string of the molecule is CCC(O)(c1ccc(OCCC(C)C)cc1)C(CN1CCOCC1)c1ccccc1. The number of hydrogen-bond donors (Lipinski definition) is 1. The number of aliphatic hydroxyl groups is 1. The molecule has 0 amide bonds. The van der Waals surface area contributed by atoms with Crippen molar-refractivity contribution in [2.24, 2.45) is 5.92 Å². The van der Waals surface area contributed by atoms with E-state index in [-0.39, 0.29) is 5.92 Å². The summed E-state index contributed by atoms with van der Waals surface area (Å²) in [7, 11) is 0.